The summed E-state index contributed by atoms with van der Waals surface area (Å²) in [6, 6.07) is 16.1. The van der Waals surface area contributed by atoms with Gasteiger partial charge in [0, 0.05) is 20.2 Å². The lowest BCUT2D eigenvalue weighted by atomic mass is 10.1. The minimum Gasteiger partial charge on any atom is -0.296 e. The molecule has 128 valence electrons. The molecule has 1 heterocycles. The zero-order valence-electron chi connectivity index (χ0n) is 15.4. The van der Waals surface area contributed by atoms with Crippen LogP contribution >= 0.6 is 0 Å². The van der Waals surface area contributed by atoms with Gasteiger partial charge in [-0.1, -0.05) is 48.0 Å². The summed E-state index contributed by atoms with van der Waals surface area (Å²) in [7, 11) is 3.55. The first-order valence-corrected chi connectivity index (χ1v) is 8.33. The first kappa shape index (κ1) is 17.0. The zero-order chi connectivity index (χ0) is 18.1. The first-order valence-electron chi connectivity index (χ1n) is 8.33. The van der Waals surface area contributed by atoms with Gasteiger partial charge in [-0.2, -0.15) is 0 Å². The lowest BCUT2D eigenvalue weighted by Crippen LogP contribution is -2.37. The van der Waals surface area contributed by atoms with E-state index in [9.17, 15) is 4.79 Å². The standard InChI is InChI=1S/C21H23N3O/c1-14-11-15(2)20(16(3)12-14)22-19-13-18(17-9-7-6-8-10-17)23(4)21(25)24(19)5/h6-13H,1-5H3/b22-19-. The van der Waals surface area contributed by atoms with Crippen LogP contribution in [0.3, 0.4) is 0 Å². The van der Waals surface area contributed by atoms with E-state index in [2.05, 4.69) is 32.9 Å². The average molecular weight is 333 g/mol. The Morgan fingerprint density at radius 2 is 1.44 bits per heavy atom. The third-order valence-electron chi connectivity index (χ3n) is 4.48. The summed E-state index contributed by atoms with van der Waals surface area (Å²) >= 11 is 0. The summed E-state index contributed by atoms with van der Waals surface area (Å²) in [6.07, 6.45) is 0. The summed E-state index contributed by atoms with van der Waals surface area (Å²) in [6.45, 7) is 6.19. The second-order valence-electron chi connectivity index (χ2n) is 6.51. The molecule has 0 N–H and O–H groups in total. The molecule has 3 rings (SSSR count). The average Bonchev–Trinajstić information content (AvgIpc) is 2.58. The molecule has 0 radical (unpaired) electrons. The molecule has 4 heteroatoms. The molecule has 0 aliphatic rings. The summed E-state index contributed by atoms with van der Waals surface area (Å²) in [5.41, 5.74) is 6.76. The van der Waals surface area contributed by atoms with Gasteiger partial charge in [0.15, 0.2) is 0 Å². The number of benzene rings is 2. The highest BCUT2D eigenvalue weighted by Gasteiger charge is 2.08. The zero-order valence-corrected chi connectivity index (χ0v) is 15.4. The van der Waals surface area contributed by atoms with Gasteiger partial charge in [0.25, 0.3) is 0 Å². The fourth-order valence-electron chi connectivity index (χ4n) is 3.20. The fourth-order valence-corrected chi connectivity index (χ4v) is 3.20. The number of hydrogen-bond donors (Lipinski definition) is 0. The molecule has 0 saturated heterocycles. The van der Waals surface area contributed by atoms with Crippen molar-refractivity contribution in [1.82, 2.24) is 9.13 Å². The van der Waals surface area contributed by atoms with Gasteiger partial charge in [0.1, 0.15) is 5.49 Å². The van der Waals surface area contributed by atoms with Gasteiger partial charge in [0.2, 0.25) is 0 Å². The molecule has 0 aliphatic heterocycles. The van der Waals surface area contributed by atoms with E-state index in [0.29, 0.717) is 5.49 Å². The van der Waals surface area contributed by atoms with Crippen LogP contribution in [0.4, 0.5) is 5.69 Å². The van der Waals surface area contributed by atoms with Gasteiger partial charge < -0.3 is 0 Å². The van der Waals surface area contributed by atoms with E-state index in [4.69, 9.17) is 4.99 Å². The molecule has 4 nitrogen and oxygen atoms in total. The summed E-state index contributed by atoms with van der Waals surface area (Å²) < 4.78 is 3.24. The molecule has 0 unspecified atom stereocenters. The second-order valence-corrected chi connectivity index (χ2v) is 6.51. The Bertz CT molecular complexity index is 1030. The topological polar surface area (TPSA) is 39.3 Å². The van der Waals surface area contributed by atoms with Crippen LogP contribution in [0, 0.1) is 20.8 Å². The van der Waals surface area contributed by atoms with Crippen LogP contribution in [0.25, 0.3) is 11.3 Å². The monoisotopic (exact) mass is 333 g/mol. The van der Waals surface area contributed by atoms with E-state index in [1.54, 1.807) is 23.2 Å². The van der Waals surface area contributed by atoms with Crippen molar-refractivity contribution < 1.29 is 0 Å². The maximum atomic E-state index is 12.7. The maximum Gasteiger partial charge on any atom is 0.329 e. The van der Waals surface area contributed by atoms with Crippen molar-refractivity contribution in [2.45, 2.75) is 20.8 Å². The second kappa shape index (κ2) is 6.55. The van der Waals surface area contributed by atoms with E-state index >= 15 is 0 Å². The number of aryl methyl sites for hydroxylation is 3. The van der Waals surface area contributed by atoms with Crippen molar-refractivity contribution in [3.8, 4) is 11.3 Å². The van der Waals surface area contributed by atoms with Gasteiger partial charge in [-0.15, -0.1) is 0 Å². The molecule has 0 bridgehead atoms. The maximum absolute atomic E-state index is 12.7. The Hall–Kier alpha value is -2.88. The third kappa shape index (κ3) is 3.20. The molecule has 0 spiro atoms. The van der Waals surface area contributed by atoms with Gasteiger partial charge >= 0.3 is 5.69 Å². The molecule has 3 aromatic rings. The van der Waals surface area contributed by atoms with Crippen molar-refractivity contribution in [3.05, 3.63) is 81.2 Å². The Labute approximate surface area is 147 Å². The van der Waals surface area contributed by atoms with Crippen LogP contribution in [-0.4, -0.2) is 9.13 Å². The Morgan fingerprint density at radius 3 is 2.04 bits per heavy atom. The third-order valence-corrected chi connectivity index (χ3v) is 4.48. The van der Waals surface area contributed by atoms with Crippen molar-refractivity contribution in [2.24, 2.45) is 19.1 Å². The van der Waals surface area contributed by atoms with E-state index in [-0.39, 0.29) is 5.69 Å². The van der Waals surface area contributed by atoms with Crippen molar-refractivity contribution in [2.75, 3.05) is 0 Å². The highest BCUT2D eigenvalue weighted by molar-refractivity contribution is 5.59. The Morgan fingerprint density at radius 1 is 0.840 bits per heavy atom. The summed E-state index contributed by atoms with van der Waals surface area (Å²) in [4.78, 5) is 17.5. The number of nitrogens with zero attached hydrogens (tertiary/aromatic N) is 3. The van der Waals surface area contributed by atoms with E-state index in [1.807, 2.05) is 36.4 Å². The highest BCUT2D eigenvalue weighted by atomic mass is 16.1. The number of hydrogen-bond acceptors (Lipinski definition) is 2. The molecule has 0 aliphatic carbocycles. The van der Waals surface area contributed by atoms with Gasteiger partial charge in [-0.25, -0.2) is 9.79 Å². The lowest BCUT2D eigenvalue weighted by Gasteiger charge is -2.12. The van der Waals surface area contributed by atoms with Crippen LogP contribution in [0.15, 0.2) is 58.3 Å². The fraction of sp³-hybridized carbons (Fsp3) is 0.238. The van der Waals surface area contributed by atoms with E-state index < -0.39 is 0 Å². The van der Waals surface area contributed by atoms with Crippen molar-refractivity contribution >= 4 is 5.69 Å². The van der Waals surface area contributed by atoms with Gasteiger partial charge in [-0.05, 0) is 37.5 Å². The normalized spacial score (nSPS) is 11.8. The molecule has 2 aromatic carbocycles. The van der Waals surface area contributed by atoms with E-state index in [0.717, 1.165) is 28.1 Å². The van der Waals surface area contributed by atoms with E-state index in [1.165, 1.54) is 5.56 Å². The molecule has 0 fully saturated rings. The van der Waals surface area contributed by atoms with Gasteiger partial charge in [0.05, 0.1) is 11.4 Å². The molecular weight excluding hydrogens is 310 g/mol. The van der Waals surface area contributed by atoms with Crippen molar-refractivity contribution in [3.63, 3.8) is 0 Å². The first-order chi connectivity index (χ1) is 11.9. The molecule has 0 atom stereocenters. The Kier molecular flexibility index (Phi) is 4.45. The molecule has 25 heavy (non-hydrogen) atoms. The van der Waals surface area contributed by atoms with Crippen LogP contribution in [0.1, 0.15) is 16.7 Å². The summed E-state index contributed by atoms with van der Waals surface area (Å²) in [5.74, 6) is 0. The molecule has 1 aromatic heterocycles. The lowest BCUT2D eigenvalue weighted by molar-refractivity contribution is 0.681. The van der Waals surface area contributed by atoms with Crippen LogP contribution in [0.2, 0.25) is 0 Å². The SMILES string of the molecule is Cc1cc(C)c(/N=c2/cc(-c3ccccc3)n(C)c(=O)n2C)c(C)c1. The highest BCUT2D eigenvalue weighted by Crippen LogP contribution is 2.24. The van der Waals surface area contributed by atoms with Crippen LogP contribution in [-0.2, 0) is 14.1 Å². The Balaban J connectivity index is 2.32. The number of rotatable bonds is 2. The predicted octanol–water partition coefficient (Wildman–Crippen LogP) is 3.55. The smallest absolute Gasteiger partial charge is 0.296 e. The molecular formula is C21H23N3O. The van der Waals surface area contributed by atoms with Gasteiger partial charge in [-0.3, -0.25) is 9.13 Å². The minimum absolute atomic E-state index is 0.0949. The quantitative estimate of drug-likeness (QED) is 0.707. The van der Waals surface area contributed by atoms with Crippen LogP contribution in [0.5, 0.6) is 0 Å². The van der Waals surface area contributed by atoms with Crippen LogP contribution < -0.4 is 11.2 Å². The number of aromatic nitrogens is 2. The minimum atomic E-state index is -0.0949. The summed E-state index contributed by atoms with van der Waals surface area (Å²) in [5, 5.41) is 0. The largest absolute Gasteiger partial charge is 0.329 e. The molecule has 0 amide bonds. The predicted molar refractivity (Wildman–Crippen MR) is 102 cm³/mol. The molecule has 0 saturated carbocycles. The van der Waals surface area contributed by atoms with Crippen molar-refractivity contribution in [1.29, 1.82) is 0 Å².